The number of carbonyl (C=O) groups excluding carboxylic acids is 1. The van der Waals surface area contributed by atoms with Crippen LogP contribution in [-0.4, -0.2) is 50.3 Å². The van der Waals surface area contributed by atoms with Crippen molar-refractivity contribution in [2.45, 2.75) is 0 Å². The second-order valence-electron chi connectivity index (χ2n) is 2.99. The summed E-state index contributed by atoms with van der Waals surface area (Å²) in [7, 11) is 0. The summed E-state index contributed by atoms with van der Waals surface area (Å²) in [6.07, 6.45) is 0. The zero-order chi connectivity index (χ0) is 10.4. The molecule has 0 amide bonds. The van der Waals surface area contributed by atoms with Crippen LogP contribution in [0.1, 0.15) is 0 Å². The van der Waals surface area contributed by atoms with Crippen LogP contribution in [0.2, 0.25) is 0 Å². The minimum atomic E-state index is -0.391. The molecule has 0 radical (unpaired) electrons. The molecule has 0 aromatic heterocycles. The number of hydrogen-bond acceptors (Lipinski definition) is 4. The molecule has 4 nitrogen and oxygen atoms in total. The van der Waals surface area contributed by atoms with Crippen molar-refractivity contribution in [3.63, 3.8) is 0 Å². The molecule has 0 N–H and O–H groups in total. The smallest absolute Gasteiger partial charge is 0.344 e. The van der Waals surface area contributed by atoms with Crippen LogP contribution in [0.15, 0.2) is 11.1 Å². The van der Waals surface area contributed by atoms with Crippen LogP contribution in [-0.2, 0) is 14.3 Å². The number of hydrogen-bond donors (Lipinski definition) is 0. The Morgan fingerprint density at radius 1 is 1.50 bits per heavy atom. The topological polar surface area (TPSA) is 38.8 Å². The van der Waals surface area contributed by atoms with E-state index >= 15 is 0 Å². The molecule has 0 spiro atoms. The summed E-state index contributed by atoms with van der Waals surface area (Å²) in [4.78, 5) is 13.2. The number of rotatable bonds is 4. The Bertz CT molecular complexity index is 214. The maximum Gasteiger partial charge on any atom is 0.344 e. The number of ether oxygens (including phenoxy) is 2. The van der Waals surface area contributed by atoms with Crippen LogP contribution >= 0.6 is 15.9 Å². The third kappa shape index (κ3) is 4.21. The van der Waals surface area contributed by atoms with Crippen molar-refractivity contribution >= 4 is 21.9 Å². The minimum Gasteiger partial charge on any atom is -0.460 e. The number of morpholine rings is 1. The van der Waals surface area contributed by atoms with Crippen molar-refractivity contribution in [2.24, 2.45) is 0 Å². The Morgan fingerprint density at radius 2 is 2.14 bits per heavy atom. The van der Waals surface area contributed by atoms with Gasteiger partial charge in [0.2, 0.25) is 0 Å². The van der Waals surface area contributed by atoms with Gasteiger partial charge in [0.05, 0.1) is 17.7 Å². The first-order valence-electron chi connectivity index (χ1n) is 4.52. The second kappa shape index (κ2) is 6.16. The average molecular weight is 264 g/mol. The summed E-state index contributed by atoms with van der Waals surface area (Å²) in [5.41, 5.74) is 0. The number of halogens is 1. The summed E-state index contributed by atoms with van der Waals surface area (Å²) in [6, 6.07) is 0. The molecular formula is C9H14BrNO3. The Morgan fingerprint density at radius 3 is 2.71 bits per heavy atom. The van der Waals surface area contributed by atoms with Gasteiger partial charge in [-0.05, 0) is 15.9 Å². The Balaban J connectivity index is 2.08. The fourth-order valence-electron chi connectivity index (χ4n) is 1.17. The van der Waals surface area contributed by atoms with E-state index in [0.29, 0.717) is 6.61 Å². The normalized spacial score (nSPS) is 17.8. The molecule has 0 unspecified atom stereocenters. The van der Waals surface area contributed by atoms with Gasteiger partial charge in [0, 0.05) is 19.6 Å². The van der Waals surface area contributed by atoms with Gasteiger partial charge in [-0.2, -0.15) is 0 Å². The molecule has 0 saturated carbocycles. The van der Waals surface area contributed by atoms with Gasteiger partial charge in [0.15, 0.2) is 0 Å². The van der Waals surface area contributed by atoms with Crippen molar-refractivity contribution in [1.82, 2.24) is 4.90 Å². The summed E-state index contributed by atoms with van der Waals surface area (Å²) >= 11 is 2.96. The van der Waals surface area contributed by atoms with E-state index in [2.05, 4.69) is 27.4 Å². The van der Waals surface area contributed by atoms with E-state index in [1.807, 2.05) is 0 Å². The molecule has 1 aliphatic rings. The van der Waals surface area contributed by atoms with Crippen molar-refractivity contribution in [2.75, 3.05) is 39.5 Å². The summed E-state index contributed by atoms with van der Waals surface area (Å²) in [6.45, 7) is 7.94. The van der Waals surface area contributed by atoms with Gasteiger partial charge in [-0.15, -0.1) is 0 Å². The van der Waals surface area contributed by atoms with E-state index in [4.69, 9.17) is 9.47 Å². The van der Waals surface area contributed by atoms with Gasteiger partial charge in [0.25, 0.3) is 0 Å². The maximum absolute atomic E-state index is 11.0. The quantitative estimate of drug-likeness (QED) is 0.555. The van der Waals surface area contributed by atoms with Crippen LogP contribution in [0.5, 0.6) is 0 Å². The average Bonchev–Trinajstić information content (AvgIpc) is 2.19. The first-order chi connectivity index (χ1) is 6.70. The van der Waals surface area contributed by atoms with Crippen LogP contribution in [0, 0.1) is 0 Å². The standard InChI is InChI=1S/C9H14BrNO3/c1-8(10)9(12)14-7-4-11-2-5-13-6-3-11/h1-7H2. The molecule has 1 heterocycles. The van der Waals surface area contributed by atoms with Crippen LogP contribution in [0.4, 0.5) is 0 Å². The molecule has 1 fully saturated rings. The Labute approximate surface area is 92.0 Å². The van der Waals surface area contributed by atoms with E-state index in [1.165, 1.54) is 0 Å². The summed E-state index contributed by atoms with van der Waals surface area (Å²) in [5, 5.41) is 0. The molecule has 0 aliphatic carbocycles. The molecule has 5 heteroatoms. The molecule has 0 aromatic rings. The first-order valence-corrected chi connectivity index (χ1v) is 5.31. The molecule has 0 aromatic carbocycles. The highest BCUT2D eigenvalue weighted by Gasteiger charge is 2.11. The molecule has 1 saturated heterocycles. The van der Waals surface area contributed by atoms with Gasteiger partial charge < -0.3 is 9.47 Å². The zero-order valence-corrected chi connectivity index (χ0v) is 9.59. The van der Waals surface area contributed by atoms with E-state index in [9.17, 15) is 4.79 Å². The Kier molecular flexibility index (Phi) is 5.14. The largest absolute Gasteiger partial charge is 0.460 e. The first kappa shape index (κ1) is 11.7. The fraction of sp³-hybridized carbons (Fsp3) is 0.667. The molecule has 1 rings (SSSR count). The third-order valence-corrected chi connectivity index (χ3v) is 2.29. The van der Waals surface area contributed by atoms with Crippen molar-refractivity contribution in [3.8, 4) is 0 Å². The minimum absolute atomic E-state index is 0.263. The van der Waals surface area contributed by atoms with Gasteiger partial charge in [-0.25, -0.2) is 4.79 Å². The van der Waals surface area contributed by atoms with Crippen molar-refractivity contribution < 1.29 is 14.3 Å². The predicted molar refractivity (Wildman–Crippen MR) is 56.3 cm³/mol. The lowest BCUT2D eigenvalue weighted by atomic mass is 10.4. The lowest BCUT2D eigenvalue weighted by Crippen LogP contribution is -2.38. The molecule has 80 valence electrons. The highest BCUT2D eigenvalue weighted by molar-refractivity contribution is 9.12. The van der Waals surface area contributed by atoms with Gasteiger partial charge >= 0.3 is 5.97 Å². The summed E-state index contributed by atoms with van der Waals surface area (Å²) in [5.74, 6) is -0.391. The van der Waals surface area contributed by atoms with Gasteiger partial charge in [-0.3, -0.25) is 4.90 Å². The highest BCUT2D eigenvalue weighted by atomic mass is 79.9. The second-order valence-corrected chi connectivity index (χ2v) is 3.95. The maximum atomic E-state index is 11.0. The van der Waals surface area contributed by atoms with Gasteiger partial charge in [-0.1, -0.05) is 6.58 Å². The molecule has 0 bridgehead atoms. The lowest BCUT2D eigenvalue weighted by molar-refractivity contribution is -0.138. The van der Waals surface area contributed by atoms with E-state index < -0.39 is 5.97 Å². The zero-order valence-electron chi connectivity index (χ0n) is 8.00. The van der Waals surface area contributed by atoms with Crippen molar-refractivity contribution in [3.05, 3.63) is 11.1 Å². The fourth-order valence-corrected chi connectivity index (χ4v) is 1.28. The van der Waals surface area contributed by atoms with Crippen LogP contribution in [0.3, 0.4) is 0 Å². The van der Waals surface area contributed by atoms with E-state index in [-0.39, 0.29) is 4.48 Å². The Hall–Kier alpha value is -0.390. The van der Waals surface area contributed by atoms with Crippen LogP contribution < -0.4 is 0 Å². The third-order valence-electron chi connectivity index (χ3n) is 1.97. The van der Waals surface area contributed by atoms with Gasteiger partial charge in [0.1, 0.15) is 6.61 Å². The number of carbonyl (C=O) groups is 1. The molecule has 1 aliphatic heterocycles. The van der Waals surface area contributed by atoms with Crippen LogP contribution in [0.25, 0.3) is 0 Å². The number of nitrogens with zero attached hydrogens (tertiary/aromatic N) is 1. The van der Waals surface area contributed by atoms with E-state index in [0.717, 1.165) is 32.8 Å². The van der Waals surface area contributed by atoms with Crippen molar-refractivity contribution in [1.29, 1.82) is 0 Å². The molecular weight excluding hydrogens is 250 g/mol. The number of esters is 1. The SMILES string of the molecule is C=C(Br)C(=O)OCCN1CCOCC1. The highest BCUT2D eigenvalue weighted by Crippen LogP contribution is 2.03. The predicted octanol–water partition coefficient (Wildman–Crippen LogP) is 0.770. The van der Waals surface area contributed by atoms with E-state index in [1.54, 1.807) is 0 Å². The summed E-state index contributed by atoms with van der Waals surface area (Å²) < 4.78 is 10.4. The molecule has 0 atom stereocenters. The molecule has 14 heavy (non-hydrogen) atoms. The lowest BCUT2D eigenvalue weighted by Gasteiger charge is -2.26. The monoisotopic (exact) mass is 263 g/mol.